The van der Waals surface area contributed by atoms with Gasteiger partial charge in [-0.15, -0.1) is 0 Å². The molecule has 0 aliphatic carbocycles. The summed E-state index contributed by atoms with van der Waals surface area (Å²) in [6, 6.07) is 18.8. The fourth-order valence-electron chi connectivity index (χ4n) is 3.49. The second-order valence-corrected chi connectivity index (χ2v) is 7.07. The minimum absolute atomic E-state index is 0.194. The van der Waals surface area contributed by atoms with Crippen molar-refractivity contribution in [1.82, 2.24) is 4.90 Å². The molecule has 1 aliphatic heterocycles. The van der Waals surface area contributed by atoms with E-state index in [2.05, 4.69) is 58.3 Å². The predicted molar refractivity (Wildman–Crippen MR) is 111 cm³/mol. The van der Waals surface area contributed by atoms with E-state index in [1.165, 1.54) is 5.56 Å². The third-order valence-electron chi connectivity index (χ3n) is 4.91. The van der Waals surface area contributed by atoms with E-state index in [-0.39, 0.29) is 5.97 Å². The lowest BCUT2D eigenvalue weighted by atomic mass is 9.92. The molecule has 27 heavy (non-hydrogen) atoms. The highest BCUT2D eigenvalue weighted by atomic mass is 16.5. The summed E-state index contributed by atoms with van der Waals surface area (Å²) in [5, 5.41) is 0. The van der Waals surface area contributed by atoms with Gasteiger partial charge in [-0.25, -0.2) is 4.79 Å². The minimum Gasteiger partial charge on any atom is -0.463 e. The molecule has 2 aromatic carbocycles. The molecule has 0 N–H and O–H groups in total. The van der Waals surface area contributed by atoms with Gasteiger partial charge in [0.05, 0.1) is 12.2 Å². The van der Waals surface area contributed by atoms with Crippen LogP contribution in [-0.2, 0) is 16.1 Å². The van der Waals surface area contributed by atoms with Crippen LogP contribution >= 0.6 is 0 Å². The SMILES string of the molecule is CCOC(=O)C1=C(c2cccc(N(C)C)c2)CCN(Cc2ccccc2)C1. The average Bonchev–Trinajstić information content (AvgIpc) is 2.69. The van der Waals surface area contributed by atoms with Gasteiger partial charge in [0.15, 0.2) is 0 Å². The van der Waals surface area contributed by atoms with Crippen molar-refractivity contribution in [2.45, 2.75) is 19.9 Å². The number of rotatable bonds is 6. The van der Waals surface area contributed by atoms with Crippen LogP contribution in [0.5, 0.6) is 0 Å². The highest BCUT2D eigenvalue weighted by molar-refractivity contribution is 5.98. The standard InChI is InChI=1S/C23H28N2O2/c1-4-27-23(26)22-17-25(16-18-9-6-5-7-10-18)14-13-21(22)19-11-8-12-20(15-19)24(2)3/h5-12,15H,4,13-14,16-17H2,1-3H3. The molecule has 0 amide bonds. The van der Waals surface area contributed by atoms with Crippen LogP contribution in [-0.4, -0.2) is 44.7 Å². The Morgan fingerprint density at radius 3 is 2.59 bits per heavy atom. The Morgan fingerprint density at radius 2 is 1.89 bits per heavy atom. The normalized spacial score (nSPS) is 14.9. The van der Waals surface area contributed by atoms with Crippen molar-refractivity contribution < 1.29 is 9.53 Å². The number of carbonyl (C=O) groups excluding carboxylic acids is 1. The van der Waals surface area contributed by atoms with E-state index in [0.717, 1.165) is 41.9 Å². The lowest BCUT2D eigenvalue weighted by Crippen LogP contribution is -2.34. The second kappa shape index (κ2) is 8.87. The highest BCUT2D eigenvalue weighted by Gasteiger charge is 2.26. The summed E-state index contributed by atoms with van der Waals surface area (Å²) in [6.45, 7) is 4.64. The maximum atomic E-state index is 12.7. The van der Waals surface area contributed by atoms with Crippen LogP contribution in [0.4, 0.5) is 5.69 Å². The molecule has 0 fully saturated rings. The summed E-state index contributed by atoms with van der Waals surface area (Å²) in [6.07, 6.45) is 0.845. The van der Waals surface area contributed by atoms with E-state index >= 15 is 0 Å². The van der Waals surface area contributed by atoms with Gasteiger partial charge in [-0.05, 0) is 42.2 Å². The summed E-state index contributed by atoms with van der Waals surface area (Å²) in [4.78, 5) is 17.1. The Hall–Kier alpha value is -2.59. The lowest BCUT2D eigenvalue weighted by molar-refractivity contribution is -0.138. The smallest absolute Gasteiger partial charge is 0.335 e. The van der Waals surface area contributed by atoms with Crippen molar-refractivity contribution in [3.05, 3.63) is 71.3 Å². The molecule has 3 rings (SSSR count). The molecule has 4 nitrogen and oxygen atoms in total. The van der Waals surface area contributed by atoms with Crippen molar-refractivity contribution in [1.29, 1.82) is 0 Å². The number of carbonyl (C=O) groups is 1. The molecule has 0 radical (unpaired) electrons. The molecule has 0 spiro atoms. The Labute approximate surface area is 162 Å². The number of anilines is 1. The van der Waals surface area contributed by atoms with Crippen molar-refractivity contribution >= 4 is 17.2 Å². The van der Waals surface area contributed by atoms with Crippen LogP contribution in [0.3, 0.4) is 0 Å². The Balaban J connectivity index is 1.90. The Bertz CT molecular complexity index is 812. The zero-order valence-corrected chi connectivity index (χ0v) is 16.4. The van der Waals surface area contributed by atoms with Gasteiger partial charge in [0.1, 0.15) is 0 Å². The molecule has 2 aromatic rings. The number of nitrogens with zero attached hydrogens (tertiary/aromatic N) is 2. The maximum Gasteiger partial charge on any atom is 0.335 e. The van der Waals surface area contributed by atoms with Crippen molar-refractivity contribution in [2.24, 2.45) is 0 Å². The molecule has 0 saturated heterocycles. The molecule has 142 valence electrons. The number of benzene rings is 2. The van der Waals surface area contributed by atoms with Gasteiger partial charge >= 0.3 is 5.97 Å². The van der Waals surface area contributed by atoms with Gasteiger partial charge in [-0.2, -0.15) is 0 Å². The van der Waals surface area contributed by atoms with Crippen LogP contribution in [0.15, 0.2) is 60.2 Å². The second-order valence-electron chi connectivity index (χ2n) is 7.07. The summed E-state index contributed by atoms with van der Waals surface area (Å²) >= 11 is 0. The molecule has 0 saturated carbocycles. The maximum absolute atomic E-state index is 12.7. The van der Waals surface area contributed by atoms with E-state index in [9.17, 15) is 4.79 Å². The fraction of sp³-hybridized carbons (Fsp3) is 0.348. The van der Waals surface area contributed by atoms with Gasteiger partial charge in [0.25, 0.3) is 0 Å². The zero-order valence-electron chi connectivity index (χ0n) is 16.4. The molecule has 0 unspecified atom stereocenters. The highest BCUT2D eigenvalue weighted by Crippen LogP contribution is 2.31. The Kier molecular flexibility index (Phi) is 6.30. The molecule has 0 aromatic heterocycles. The Morgan fingerprint density at radius 1 is 1.11 bits per heavy atom. The summed E-state index contributed by atoms with van der Waals surface area (Å²) < 4.78 is 5.38. The monoisotopic (exact) mass is 364 g/mol. The quantitative estimate of drug-likeness (QED) is 0.726. The van der Waals surface area contributed by atoms with Crippen LogP contribution in [0.1, 0.15) is 24.5 Å². The van der Waals surface area contributed by atoms with Crippen LogP contribution in [0.25, 0.3) is 5.57 Å². The summed E-state index contributed by atoms with van der Waals surface area (Å²) in [7, 11) is 4.06. The van der Waals surface area contributed by atoms with Gasteiger partial charge in [-0.1, -0.05) is 42.5 Å². The van der Waals surface area contributed by atoms with E-state index in [0.29, 0.717) is 13.2 Å². The molecule has 1 aliphatic rings. The fourth-order valence-corrected chi connectivity index (χ4v) is 3.49. The number of esters is 1. The summed E-state index contributed by atoms with van der Waals surface area (Å²) in [5.74, 6) is -0.194. The zero-order chi connectivity index (χ0) is 19.2. The minimum atomic E-state index is -0.194. The van der Waals surface area contributed by atoms with Gasteiger partial charge in [0, 0.05) is 39.4 Å². The third kappa shape index (κ3) is 4.77. The molecule has 0 bridgehead atoms. The van der Waals surface area contributed by atoms with E-state index in [1.807, 2.05) is 27.1 Å². The van der Waals surface area contributed by atoms with Crippen LogP contribution in [0.2, 0.25) is 0 Å². The average molecular weight is 364 g/mol. The number of hydrogen-bond donors (Lipinski definition) is 0. The largest absolute Gasteiger partial charge is 0.463 e. The molecular formula is C23H28N2O2. The first-order valence-electron chi connectivity index (χ1n) is 9.51. The molecular weight excluding hydrogens is 336 g/mol. The molecule has 1 heterocycles. The van der Waals surface area contributed by atoms with Crippen molar-refractivity contribution in [2.75, 3.05) is 38.7 Å². The van der Waals surface area contributed by atoms with E-state index in [4.69, 9.17) is 4.74 Å². The van der Waals surface area contributed by atoms with Crippen LogP contribution in [0, 0.1) is 0 Å². The number of ether oxygens (including phenoxy) is 1. The third-order valence-corrected chi connectivity index (χ3v) is 4.91. The first kappa shape index (κ1) is 19.2. The molecule has 4 heteroatoms. The van der Waals surface area contributed by atoms with E-state index < -0.39 is 0 Å². The van der Waals surface area contributed by atoms with Crippen molar-refractivity contribution in [3.8, 4) is 0 Å². The topological polar surface area (TPSA) is 32.8 Å². The molecule has 0 atom stereocenters. The first-order chi connectivity index (χ1) is 13.1. The lowest BCUT2D eigenvalue weighted by Gasteiger charge is -2.30. The summed E-state index contributed by atoms with van der Waals surface area (Å²) in [5.41, 5.74) is 5.41. The van der Waals surface area contributed by atoms with E-state index in [1.54, 1.807) is 0 Å². The van der Waals surface area contributed by atoms with Gasteiger partial charge < -0.3 is 9.64 Å². The van der Waals surface area contributed by atoms with Gasteiger partial charge in [-0.3, -0.25) is 4.90 Å². The predicted octanol–water partition coefficient (Wildman–Crippen LogP) is 3.98. The van der Waals surface area contributed by atoms with Crippen LogP contribution < -0.4 is 4.90 Å². The number of hydrogen-bond acceptors (Lipinski definition) is 4. The van der Waals surface area contributed by atoms with Crippen molar-refractivity contribution in [3.63, 3.8) is 0 Å². The van der Waals surface area contributed by atoms with Gasteiger partial charge in [0.2, 0.25) is 0 Å². The first-order valence-corrected chi connectivity index (χ1v) is 9.51.